The van der Waals surface area contributed by atoms with Gasteiger partial charge in [0, 0.05) is 12.8 Å². The van der Waals surface area contributed by atoms with Gasteiger partial charge in [-0.1, -0.05) is 12.1 Å². The molecular weight excluding hydrogens is 468 g/mol. The quantitative estimate of drug-likeness (QED) is 0.158. The topological polar surface area (TPSA) is 208 Å². The first-order chi connectivity index (χ1) is 16.0. The zero-order valence-electron chi connectivity index (χ0n) is 18.7. The van der Waals surface area contributed by atoms with Gasteiger partial charge in [0.2, 0.25) is 17.7 Å². The van der Waals surface area contributed by atoms with Crippen LogP contribution in [0, 0.1) is 0 Å². The fourth-order valence-electron chi connectivity index (χ4n) is 2.80. The lowest BCUT2D eigenvalue weighted by molar-refractivity contribution is -0.141. The lowest BCUT2D eigenvalue weighted by Crippen LogP contribution is -2.53. The first kappa shape index (κ1) is 28.7. The van der Waals surface area contributed by atoms with Gasteiger partial charge in [0.05, 0.1) is 12.6 Å². The molecule has 12 nitrogen and oxygen atoms in total. The number of carboxylic acid groups (broad SMARTS) is 2. The lowest BCUT2D eigenvalue weighted by Gasteiger charge is -2.21. The van der Waals surface area contributed by atoms with Crippen LogP contribution in [0.3, 0.4) is 0 Å². The lowest BCUT2D eigenvalue weighted by atomic mass is 10.1. The van der Waals surface area contributed by atoms with Crippen LogP contribution in [0.15, 0.2) is 24.3 Å². The second-order valence-electron chi connectivity index (χ2n) is 7.43. The molecule has 0 saturated heterocycles. The first-order valence-electron chi connectivity index (χ1n) is 10.4. The Balaban J connectivity index is 2.65. The van der Waals surface area contributed by atoms with Crippen molar-refractivity contribution in [2.24, 2.45) is 5.73 Å². The molecule has 3 atom stereocenters. The molecule has 3 amide bonds. The van der Waals surface area contributed by atoms with E-state index < -0.39 is 54.3 Å². The van der Waals surface area contributed by atoms with E-state index in [0.717, 1.165) is 0 Å². The number of carboxylic acids is 2. The Morgan fingerprint density at radius 3 is 2.18 bits per heavy atom. The van der Waals surface area contributed by atoms with Crippen molar-refractivity contribution in [2.45, 2.75) is 43.8 Å². The van der Waals surface area contributed by atoms with E-state index >= 15 is 0 Å². The number of amides is 3. The third kappa shape index (κ3) is 11.0. The first-order valence-corrected chi connectivity index (χ1v) is 11.8. The number of hydrogen-bond donors (Lipinski definition) is 7. The van der Waals surface area contributed by atoms with Crippen LogP contribution in [0.2, 0.25) is 0 Å². The summed E-state index contributed by atoms with van der Waals surface area (Å²) in [4.78, 5) is 59.1. The van der Waals surface area contributed by atoms with Crippen LogP contribution in [0.25, 0.3) is 0 Å². The molecule has 0 fully saturated rings. The van der Waals surface area contributed by atoms with E-state index in [2.05, 4.69) is 16.0 Å². The van der Waals surface area contributed by atoms with E-state index in [4.69, 9.17) is 10.8 Å². The molecule has 0 radical (unpaired) electrons. The molecule has 13 heteroatoms. The average molecular weight is 499 g/mol. The van der Waals surface area contributed by atoms with Crippen molar-refractivity contribution in [1.29, 1.82) is 0 Å². The maximum atomic E-state index is 12.5. The van der Waals surface area contributed by atoms with E-state index in [9.17, 15) is 34.2 Å². The number of nitrogens with one attached hydrogen (secondary N) is 3. The summed E-state index contributed by atoms with van der Waals surface area (Å²) in [7, 11) is 0. The molecule has 0 aliphatic rings. The van der Waals surface area contributed by atoms with E-state index in [1.807, 2.05) is 6.26 Å². The fourth-order valence-corrected chi connectivity index (χ4v) is 3.27. The minimum Gasteiger partial charge on any atom is -0.508 e. The van der Waals surface area contributed by atoms with Crippen molar-refractivity contribution in [3.8, 4) is 5.75 Å². The van der Waals surface area contributed by atoms with Crippen molar-refractivity contribution in [1.82, 2.24) is 16.0 Å². The highest BCUT2D eigenvalue weighted by molar-refractivity contribution is 7.98. The second-order valence-corrected chi connectivity index (χ2v) is 8.41. The number of carbonyl (C=O) groups excluding carboxylic acids is 3. The summed E-state index contributed by atoms with van der Waals surface area (Å²) in [6, 6.07) is 2.47. The van der Waals surface area contributed by atoms with Crippen LogP contribution in [0.4, 0.5) is 0 Å². The SMILES string of the molecule is CSCCC(NC(=O)C(N)CCC(=O)O)C(=O)NCC(=O)NC(Cc1ccc(O)cc1)C(=O)O. The number of thioether (sulfide) groups is 1. The zero-order valence-corrected chi connectivity index (χ0v) is 19.5. The molecule has 1 rings (SSSR count). The fraction of sp³-hybridized carbons (Fsp3) is 0.476. The standard InChI is InChI=1S/C21H30N4O8S/c1-34-9-8-15(25-19(30)14(22)6-7-18(28)29)20(31)23-11-17(27)24-16(21(32)33)10-12-2-4-13(26)5-3-12/h2-5,14-16,26H,6-11,22H2,1H3,(H,23,31)(H,24,27)(H,25,30)(H,28,29)(H,32,33). The number of nitrogens with two attached hydrogens (primary N) is 1. The summed E-state index contributed by atoms with van der Waals surface area (Å²) in [5.41, 5.74) is 6.25. The van der Waals surface area contributed by atoms with Crippen LogP contribution in [-0.2, 0) is 30.4 Å². The van der Waals surface area contributed by atoms with Gasteiger partial charge in [0.25, 0.3) is 0 Å². The largest absolute Gasteiger partial charge is 0.508 e. The van der Waals surface area contributed by atoms with Crippen LogP contribution in [0.1, 0.15) is 24.8 Å². The highest BCUT2D eigenvalue weighted by Crippen LogP contribution is 2.11. The Morgan fingerprint density at radius 1 is 0.971 bits per heavy atom. The van der Waals surface area contributed by atoms with Gasteiger partial charge in [-0.15, -0.1) is 0 Å². The van der Waals surface area contributed by atoms with Gasteiger partial charge >= 0.3 is 11.9 Å². The van der Waals surface area contributed by atoms with Crippen molar-refractivity contribution in [3.63, 3.8) is 0 Å². The number of carbonyl (C=O) groups is 5. The number of benzene rings is 1. The molecule has 0 aliphatic heterocycles. The molecule has 1 aromatic rings. The Morgan fingerprint density at radius 2 is 1.62 bits per heavy atom. The summed E-state index contributed by atoms with van der Waals surface area (Å²) in [6.45, 7) is -0.519. The number of hydrogen-bond acceptors (Lipinski definition) is 8. The number of aliphatic carboxylic acids is 2. The number of phenols is 1. The molecule has 0 heterocycles. The van der Waals surface area contributed by atoms with Crippen LogP contribution >= 0.6 is 11.8 Å². The molecule has 188 valence electrons. The summed E-state index contributed by atoms with van der Waals surface area (Å²) in [6.07, 6.45) is 1.62. The average Bonchev–Trinajstić information content (AvgIpc) is 2.79. The number of aromatic hydroxyl groups is 1. The third-order valence-electron chi connectivity index (χ3n) is 4.68. The molecule has 0 saturated carbocycles. The molecule has 3 unspecified atom stereocenters. The normalized spacial score (nSPS) is 13.2. The summed E-state index contributed by atoms with van der Waals surface area (Å²) < 4.78 is 0. The smallest absolute Gasteiger partial charge is 0.326 e. The zero-order chi connectivity index (χ0) is 25.7. The van der Waals surface area contributed by atoms with Crippen molar-refractivity contribution in [3.05, 3.63) is 29.8 Å². The molecule has 0 aliphatic carbocycles. The van der Waals surface area contributed by atoms with Gasteiger partial charge in [-0.3, -0.25) is 19.2 Å². The summed E-state index contributed by atoms with van der Waals surface area (Å²) in [5.74, 6) is -3.92. The van der Waals surface area contributed by atoms with Gasteiger partial charge in [-0.05, 0) is 42.5 Å². The molecule has 0 bridgehead atoms. The Labute approximate surface area is 200 Å². The summed E-state index contributed by atoms with van der Waals surface area (Å²) >= 11 is 1.43. The van der Waals surface area contributed by atoms with Crippen LogP contribution in [-0.4, -0.2) is 81.7 Å². The minimum atomic E-state index is -1.27. The van der Waals surface area contributed by atoms with E-state index in [-0.39, 0.29) is 31.4 Å². The van der Waals surface area contributed by atoms with Gasteiger partial charge in [0.1, 0.15) is 17.8 Å². The molecular formula is C21H30N4O8S. The minimum absolute atomic E-state index is 0.0216. The predicted octanol–water partition coefficient (Wildman–Crippen LogP) is -0.950. The van der Waals surface area contributed by atoms with E-state index in [1.165, 1.54) is 36.0 Å². The van der Waals surface area contributed by atoms with Gasteiger partial charge in [-0.2, -0.15) is 11.8 Å². The highest BCUT2D eigenvalue weighted by atomic mass is 32.2. The van der Waals surface area contributed by atoms with Gasteiger partial charge in [-0.25, -0.2) is 4.79 Å². The van der Waals surface area contributed by atoms with E-state index in [0.29, 0.717) is 11.3 Å². The molecule has 0 aromatic heterocycles. The maximum Gasteiger partial charge on any atom is 0.326 e. The number of phenolic OH excluding ortho intramolecular Hbond substituents is 1. The molecule has 34 heavy (non-hydrogen) atoms. The monoisotopic (exact) mass is 498 g/mol. The van der Waals surface area contributed by atoms with Gasteiger partial charge < -0.3 is 37.0 Å². The van der Waals surface area contributed by atoms with Crippen molar-refractivity contribution >= 4 is 41.4 Å². The van der Waals surface area contributed by atoms with Gasteiger partial charge in [0.15, 0.2) is 0 Å². The number of rotatable bonds is 15. The third-order valence-corrected chi connectivity index (χ3v) is 5.33. The molecule has 8 N–H and O–H groups in total. The van der Waals surface area contributed by atoms with Crippen LogP contribution < -0.4 is 21.7 Å². The molecule has 1 aromatic carbocycles. The Kier molecular flexibility index (Phi) is 12.5. The van der Waals surface area contributed by atoms with Crippen molar-refractivity contribution in [2.75, 3.05) is 18.6 Å². The van der Waals surface area contributed by atoms with Crippen LogP contribution in [0.5, 0.6) is 5.75 Å². The highest BCUT2D eigenvalue weighted by Gasteiger charge is 2.25. The van der Waals surface area contributed by atoms with E-state index in [1.54, 1.807) is 0 Å². The Bertz CT molecular complexity index is 865. The summed E-state index contributed by atoms with van der Waals surface area (Å²) in [5, 5.41) is 34.6. The Hall–Kier alpha value is -3.32. The second kappa shape index (κ2) is 14.8. The van der Waals surface area contributed by atoms with Crippen molar-refractivity contribution < 1.29 is 39.3 Å². The predicted molar refractivity (Wildman–Crippen MR) is 124 cm³/mol. The molecule has 0 spiro atoms. The maximum absolute atomic E-state index is 12.5.